The van der Waals surface area contributed by atoms with Gasteiger partial charge in [0.05, 0.1) is 11.9 Å². The van der Waals surface area contributed by atoms with E-state index in [2.05, 4.69) is 10.3 Å². The number of carbonyl (C=O) groups is 1. The Morgan fingerprint density at radius 1 is 1.12 bits per heavy atom. The first kappa shape index (κ1) is 17.8. The van der Waals surface area contributed by atoms with Crippen molar-refractivity contribution in [3.05, 3.63) is 71.2 Å². The first-order valence-corrected chi connectivity index (χ1v) is 8.19. The van der Waals surface area contributed by atoms with E-state index in [0.29, 0.717) is 11.7 Å². The van der Waals surface area contributed by atoms with E-state index in [9.17, 15) is 13.6 Å². The van der Waals surface area contributed by atoms with Crippen LogP contribution in [0, 0.1) is 25.5 Å². The summed E-state index contributed by atoms with van der Waals surface area (Å²) in [5.74, 6) is -0.854. The van der Waals surface area contributed by atoms with Gasteiger partial charge in [0.2, 0.25) is 5.91 Å². The topological polar surface area (TPSA) is 55.1 Å². The largest absolute Gasteiger partial charge is 0.441 e. The average Bonchev–Trinajstić information content (AvgIpc) is 3.07. The fourth-order valence-electron chi connectivity index (χ4n) is 2.48. The van der Waals surface area contributed by atoms with Crippen molar-refractivity contribution in [2.45, 2.75) is 26.7 Å². The zero-order valence-electron chi connectivity index (χ0n) is 14.5. The Kier molecular flexibility index (Phi) is 5.11. The number of nitrogens with zero attached hydrogens (tertiary/aromatic N) is 1. The Morgan fingerprint density at radius 3 is 2.65 bits per heavy atom. The lowest BCUT2D eigenvalue weighted by Gasteiger charge is -2.05. The van der Waals surface area contributed by atoms with Crippen molar-refractivity contribution in [1.29, 1.82) is 0 Å². The molecule has 1 heterocycles. The van der Waals surface area contributed by atoms with E-state index < -0.39 is 17.5 Å². The Balaban J connectivity index is 1.60. The molecule has 2 aromatic carbocycles. The van der Waals surface area contributed by atoms with Gasteiger partial charge in [-0.2, -0.15) is 0 Å². The minimum atomic E-state index is -0.813. The minimum Gasteiger partial charge on any atom is -0.441 e. The van der Waals surface area contributed by atoms with Crippen molar-refractivity contribution in [3.63, 3.8) is 0 Å². The molecular weight excluding hydrogens is 338 g/mol. The Morgan fingerprint density at radius 2 is 1.92 bits per heavy atom. The van der Waals surface area contributed by atoms with Gasteiger partial charge < -0.3 is 9.73 Å². The molecule has 0 atom stereocenters. The molecule has 4 nitrogen and oxygen atoms in total. The zero-order valence-corrected chi connectivity index (χ0v) is 14.5. The van der Waals surface area contributed by atoms with Crippen molar-refractivity contribution in [2.75, 3.05) is 5.32 Å². The molecule has 0 bridgehead atoms. The summed E-state index contributed by atoms with van der Waals surface area (Å²) in [6.45, 7) is 4.06. The highest BCUT2D eigenvalue weighted by Crippen LogP contribution is 2.23. The molecule has 26 heavy (non-hydrogen) atoms. The number of halogens is 2. The quantitative estimate of drug-likeness (QED) is 0.714. The van der Waals surface area contributed by atoms with E-state index in [-0.39, 0.29) is 18.5 Å². The molecule has 0 fully saturated rings. The van der Waals surface area contributed by atoms with Gasteiger partial charge in [0.25, 0.3) is 0 Å². The van der Waals surface area contributed by atoms with Crippen molar-refractivity contribution < 1.29 is 18.0 Å². The van der Waals surface area contributed by atoms with Crippen LogP contribution < -0.4 is 5.32 Å². The van der Waals surface area contributed by atoms with Crippen LogP contribution in [0.25, 0.3) is 11.3 Å². The van der Waals surface area contributed by atoms with Crippen LogP contribution in [0.2, 0.25) is 0 Å². The zero-order chi connectivity index (χ0) is 18.7. The number of aromatic nitrogens is 1. The molecule has 1 N–H and O–H groups in total. The van der Waals surface area contributed by atoms with Crippen LogP contribution in [0.1, 0.15) is 23.4 Å². The van der Waals surface area contributed by atoms with E-state index >= 15 is 0 Å². The molecule has 0 saturated heterocycles. The van der Waals surface area contributed by atoms with Gasteiger partial charge in [-0.3, -0.25) is 4.79 Å². The van der Waals surface area contributed by atoms with E-state index in [1.807, 2.05) is 32.0 Å². The molecule has 0 aliphatic rings. The maximum atomic E-state index is 13.5. The first-order valence-electron chi connectivity index (χ1n) is 8.19. The van der Waals surface area contributed by atoms with Gasteiger partial charge in [-0.25, -0.2) is 13.8 Å². The molecule has 1 amide bonds. The molecule has 0 aliphatic heterocycles. The second-order valence-electron chi connectivity index (χ2n) is 6.09. The SMILES string of the molecule is Cc1ccc(-c2cnc(CCC(=O)Nc3ccc(F)cc3F)o2)cc1C. The van der Waals surface area contributed by atoms with Crippen LogP contribution in [0.5, 0.6) is 0 Å². The number of hydrogen-bond acceptors (Lipinski definition) is 3. The summed E-state index contributed by atoms with van der Waals surface area (Å²) >= 11 is 0. The van der Waals surface area contributed by atoms with Gasteiger partial charge in [-0.15, -0.1) is 0 Å². The predicted molar refractivity (Wildman–Crippen MR) is 94.7 cm³/mol. The van der Waals surface area contributed by atoms with Crippen molar-refractivity contribution >= 4 is 11.6 Å². The third kappa shape index (κ3) is 4.14. The lowest BCUT2D eigenvalue weighted by Crippen LogP contribution is -2.13. The van der Waals surface area contributed by atoms with Gasteiger partial charge in [0.1, 0.15) is 11.6 Å². The van der Waals surface area contributed by atoms with Crippen LogP contribution in [0.15, 0.2) is 47.0 Å². The highest BCUT2D eigenvalue weighted by molar-refractivity contribution is 5.90. The van der Waals surface area contributed by atoms with E-state index in [0.717, 1.165) is 23.3 Å². The molecule has 0 spiro atoms. The second-order valence-corrected chi connectivity index (χ2v) is 6.09. The van der Waals surface area contributed by atoms with Crippen LogP contribution in [0.4, 0.5) is 14.5 Å². The average molecular weight is 356 g/mol. The number of benzene rings is 2. The van der Waals surface area contributed by atoms with Crippen LogP contribution in [-0.4, -0.2) is 10.9 Å². The molecule has 0 saturated carbocycles. The van der Waals surface area contributed by atoms with Crippen LogP contribution in [0.3, 0.4) is 0 Å². The molecule has 3 aromatic rings. The minimum absolute atomic E-state index is 0.0559. The smallest absolute Gasteiger partial charge is 0.224 e. The second kappa shape index (κ2) is 7.47. The van der Waals surface area contributed by atoms with Crippen molar-refractivity contribution in [2.24, 2.45) is 0 Å². The van der Waals surface area contributed by atoms with Crippen molar-refractivity contribution in [3.8, 4) is 11.3 Å². The molecule has 3 rings (SSSR count). The number of amides is 1. The number of aryl methyl sites for hydroxylation is 3. The molecule has 0 radical (unpaired) electrons. The summed E-state index contributed by atoms with van der Waals surface area (Å²) in [5, 5.41) is 2.41. The number of oxazole rings is 1. The first-order chi connectivity index (χ1) is 12.4. The Hall–Kier alpha value is -3.02. The normalized spacial score (nSPS) is 10.8. The summed E-state index contributed by atoms with van der Waals surface area (Å²) in [6.07, 6.45) is 1.97. The highest BCUT2D eigenvalue weighted by Gasteiger charge is 2.11. The molecule has 0 unspecified atom stereocenters. The summed E-state index contributed by atoms with van der Waals surface area (Å²) < 4.78 is 32.1. The molecular formula is C20H18F2N2O2. The Bertz CT molecular complexity index is 951. The fraction of sp³-hybridized carbons (Fsp3) is 0.200. The standard InChI is InChI=1S/C20H18F2N2O2/c1-12-3-4-14(9-13(12)2)18-11-23-20(26-18)8-7-19(25)24-17-6-5-15(21)10-16(17)22/h3-6,9-11H,7-8H2,1-2H3,(H,24,25). The number of nitrogens with one attached hydrogen (secondary N) is 1. The lowest BCUT2D eigenvalue weighted by molar-refractivity contribution is -0.116. The molecule has 6 heteroatoms. The van der Waals surface area contributed by atoms with Gasteiger partial charge in [-0.1, -0.05) is 12.1 Å². The van der Waals surface area contributed by atoms with Gasteiger partial charge in [0.15, 0.2) is 11.7 Å². The van der Waals surface area contributed by atoms with Crippen LogP contribution >= 0.6 is 0 Å². The predicted octanol–water partition coefficient (Wildman–Crippen LogP) is 4.81. The highest BCUT2D eigenvalue weighted by atomic mass is 19.1. The molecule has 134 valence electrons. The number of anilines is 1. The maximum Gasteiger partial charge on any atom is 0.224 e. The van der Waals surface area contributed by atoms with Crippen LogP contribution in [-0.2, 0) is 11.2 Å². The number of hydrogen-bond donors (Lipinski definition) is 1. The summed E-state index contributed by atoms with van der Waals surface area (Å²) in [6, 6.07) is 8.98. The summed E-state index contributed by atoms with van der Waals surface area (Å²) in [5.41, 5.74) is 3.21. The van der Waals surface area contributed by atoms with E-state index in [1.54, 1.807) is 6.20 Å². The Labute approximate surface area is 149 Å². The van der Waals surface area contributed by atoms with Crippen molar-refractivity contribution in [1.82, 2.24) is 4.98 Å². The maximum absolute atomic E-state index is 13.5. The summed E-state index contributed by atoms with van der Waals surface area (Å²) in [7, 11) is 0. The van der Waals surface area contributed by atoms with E-state index in [4.69, 9.17) is 4.42 Å². The number of carbonyl (C=O) groups excluding carboxylic acids is 1. The number of rotatable bonds is 5. The third-order valence-electron chi connectivity index (χ3n) is 4.12. The van der Waals surface area contributed by atoms with Gasteiger partial charge in [0, 0.05) is 24.5 Å². The molecule has 0 aliphatic carbocycles. The fourth-order valence-corrected chi connectivity index (χ4v) is 2.48. The third-order valence-corrected chi connectivity index (χ3v) is 4.12. The lowest BCUT2D eigenvalue weighted by atomic mass is 10.1. The van der Waals surface area contributed by atoms with Gasteiger partial charge >= 0.3 is 0 Å². The summed E-state index contributed by atoms with van der Waals surface area (Å²) in [4.78, 5) is 16.1. The monoisotopic (exact) mass is 356 g/mol. The van der Waals surface area contributed by atoms with Gasteiger partial charge in [-0.05, 0) is 43.2 Å². The van der Waals surface area contributed by atoms with E-state index in [1.165, 1.54) is 11.6 Å². The molecule has 1 aromatic heterocycles.